The molecule has 1 aliphatic heterocycles. The number of nitrogens with zero attached hydrogens (tertiary/aromatic N) is 3. The van der Waals surface area contributed by atoms with Crippen molar-refractivity contribution >= 4 is 5.96 Å². The van der Waals surface area contributed by atoms with E-state index in [1.807, 2.05) is 0 Å². The van der Waals surface area contributed by atoms with Gasteiger partial charge in [0.1, 0.15) is 0 Å². The third kappa shape index (κ3) is 6.13. The summed E-state index contributed by atoms with van der Waals surface area (Å²) in [6.07, 6.45) is 2.63. The van der Waals surface area contributed by atoms with Gasteiger partial charge in [0.05, 0.1) is 12.6 Å². The van der Waals surface area contributed by atoms with Crippen LogP contribution < -0.4 is 5.32 Å². The van der Waals surface area contributed by atoms with Crippen molar-refractivity contribution in [1.29, 1.82) is 0 Å². The predicted octanol–water partition coefficient (Wildman–Crippen LogP) is 2.18. The summed E-state index contributed by atoms with van der Waals surface area (Å²) in [5, 5.41) is 3.45. The lowest BCUT2D eigenvalue weighted by molar-refractivity contribution is 0.0263. The highest BCUT2D eigenvalue weighted by Gasteiger charge is 2.21. The van der Waals surface area contributed by atoms with Crippen molar-refractivity contribution in [2.45, 2.75) is 59.6 Å². The minimum Gasteiger partial charge on any atom is -0.378 e. The molecule has 5 heteroatoms. The van der Waals surface area contributed by atoms with Gasteiger partial charge in [0.2, 0.25) is 0 Å². The second kappa shape index (κ2) is 10.8. The Labute approximate surface area is 137 Å². The van der Waals surface area contributed by atoms with Gasteiger partial charge in [-0.2, -0.15) is 0 Å². The highest BCUT2D eigenvalue weighted by atomic mass is 16.5. The first-order valence-corrected chi connectivity index (χ1v) is 9.05. The monoisotopic (exact) mass is 312 g/mol. The van der Waals surface area contributed by atoms with E-state index in [9.17, 15) is 0 Å². The summed E-state index contributed by atoms with van der Waals surface area (Å²) in [4.78, 5) is 9.71. The molecular formula is C17H36N4O. The van der Waals surface area contributed by atoms with Crippen molar-refractivity contribution in [3.05, 3.63) is 0 Å². The Balaban J connectivity index is 2.55. The third-order valence-corrected chi connectivity index (χ3v) is 4.42. The van der Waals surface area contributed by atoms with Gasteiger partial charge in [0.15, 0.2) is 5.96 Å². The van der Waals surface area contributed by atoms with Crippen molar-refractivity contribution in [2.75, 3.05) is 45.9 Å². The number of aliphatic imine (C=N–C) groups is 1. The van der Waals surface area contributed by atoms with E-state index >= 15 is 0 Å². The first-order chi connectivity index (χ1) is 10.7. The van der Waals surface area contributed by atoms with Crippen LogP contribution in [0, 0.1) is 0 Å². The molecule has 0 amide bonds. The third-order valence-electron chi connectivity index (χ3n) is 4.42. The Morgan fingerprint density at radius 1 is 1.23 bits per heavy atom. The van der Waals surface area contributed by atoms with Crippen LogP contribution in [0.4, 0.5) is 0 Å². The molecule has 1 saturated heterocycles. The average molecular weight is 313 g/mol. The van der Waals surface area contributed by atoms with E-state index in [4.69, 9.17) is 9.73 Å². The Morgan fingerprint density at radius 2 is 1.86 bits per heavy atom. The molecule has 0 aromatic rings. The summed E-state index contributed by atoms with van der Waals surface area (Å²) in [7, 11) is 0. The zero-order chi connectivity index (χ0) is 16.4. The molecule has 0 spiro atoms. The van der Waals surface area contributed by atoms with Gasteiger partial charge in [0, 0.05) is 32.3 Å². The lowest BCUT2D eigenvalue weighted by atomic mass is 10.1. The number of piperidine rings is 1. The van der Waals surface area contributed by atoms with Crippen LogP contribution in [0.15, 0.2) is 4.99 Å². The van der Waals surface area contributed by atoms with Crippen LogP contribution in [-0.4, -0.2) is 73.8 Å². The molecule has 0 saturated carbocycles. The summed E-state index contributed by atoms with van der Waals surface area (Å²) in [6, 6.07) is 0.490. The molecule has 5 nitrogen and oxygen atoms in total. The molecule has 0 aliphatic carbocycles. The van der Waals surface area contributed by atoms with Gasteiger partial charge < -0.3 is 15.0 Å². The molecule has 22 heavy (non-hydrogen) atoms. The maximum atomic E-state index is 5.74. The second-order valence-electron chi connectivity index (χ2n) is 5.91. The fourth-order valence-electron chi connectivity index (χ4n) is 3.08. The number of ether oxygens (including phenoxy) is 1. The zero-order valence-corrected chi connectivity index (χ0v) is 15.3. The quantitative estimate of drug-likeness (QED) is 0.551. The number of likely N-dealkylation sites (N-methyl/N-ethyl adjacent to an activating group) is 1. The zero-order valence-electron chi connectivity index (χ0n) is 15.3. The highest BCUT2D eigenvalue weighted by Crippen LogP contribution is 2.14. The Morgan fingerprint density at radius 3 is 2.36 bits per heavy atom. The van der Waals surface area contributed by atoms with E-state index in [2.05, 4.69) is 49.7 Å². The summed E-state index contributed by atoms with van der Waals surface area (Å²) >= 11 is 0. The number of likely N-dealkylation sites (tertiary alicyclic amines) is 1. The number of nitrogens with one attached hydrogen (secondary N) is 1. The topological polar surface area (TPSA) is 40.1 Å². The number of guanidine groups is 1. The minimum atomic E-state index is 0.429. The van der Waals surface area contributed by atoms with E-state index in [0.717, 1.165) is 64.7 Å². The standard InChI is InChI=1S/C17H36N4O/c1-6-18-17(19-14-15(5)20(7-2)8-3)21-12-10-16(11-13-21)22-9-4/h15-16H,6-14H2,1-5H3,(H,18,19). The van der Waals surface area contributed by atoms with E-state index in [1.165, 1.54) is 0 Å². The summed E-state index contributed by atoms with van der Waals surface area (Å²) in [5.41, 5.74) is 0. The summed E-state index contributed by atoms with van der Waals surface area (Å²) < 4.78 is 5.74. The normalized spacial score (nSPS) is 18.8. The molecule has 0 aromatic heterocycles. The van der Waals surface area contributed by atoms with Crippen molar-refractivity contribution in [3.63, 3.8) is 0 Å². The largest absolute Gasteiger partial charge is 0.378 e. The average Bonchev–Trinajstić information content (AvgIpc) is 2.54. The molecule has 1 unspecified atom stereocenters. The smallest absolute Gasteiger partial charge is 0.193 e. The fourth-order valence-corrected chi connectivity index (χ4v) is 3.08. The van der Waals surface area contributed by atoms with Gasteiger partial charge in [-0.1, -0.05) is 13.8 Å². The van der Waals surface area contributed by atoms with E-state index in [-0.39, 0.29) is 0 Å². The van der Waals surface area contributed by atoms with Crippen LogP contribution in [0.5, 0.6) is 0 Å². The number of hydrogen-bond donors (Lipinski definition) is 1. The second-order valence-corrected chi connectivity index (χ2v) is 5.91. The van der Waals surface area contributed by atoms with Gasteiger partial charge in [-0.05, 0) is 46.7 Å². The predicted molar refractivity (Wildman–Crippen MR) is 94.6 cm³/mol. The van der Waals surface area contributed by atoms with Crippen LogP contribution in [-0.2, 0) is 4.74 Å². The Hall–Kier alpha value is -0.810. The molecule has 0 bridgehead atoms. The highest BCUT2D eigenvalue weighted by molar-refractivity contribution is 5.80. The van der Waals surface area contributed by atoms with Crippen molar-refractivity contribution in [1.82, 2.24) is 15.1 Å². The van der Waals surface area contributed by atoms with Crippen LogP contribution in [0.1, 0.15) is 47.5 Å². The van der Waals surface area contributed by atoms with Crippen LogP contribution in [0.25, 0.3) is 0 Å². The minimum absolute atomic E-state index is 0.429. The molecule has 1 atom stereocenters. The van der Waals surface area contributed by atoms with E-state index < -0.39 is 0 Å². The fraction of sp³-hybridized carbons (Fsp3) is 0.941. The van der Waals surface area contributed by atoms with Crippen LogP contribution >= 0.6 is 0 Å². The van der Waals surface area contributed by atoms with Crippen molar-refractivity contribution in [3.8, 4) is 0 Å². The molecular weight excluding hydrogens is 276 g/mol. The van der Waals surface area contributed by atoms with Crippen molar-refractivity contribution < 1.29 is 4.74 Å². The van der Waals surface area contributed by atoms with Gasteiger partial charge >= 0.3 is 0 Å². The van der Waals surface area contributed by atoms with Gasteiger partial charge in [-0.3, -0.25) is 9.89 Å². The molecule has 0 aromatic carbocycles. The molecule has 1 heterocycles. The van der Waals surface area contributed by atoms with E-state index in [1.54, 1.807) is 0 Å². The molecule has 130 valence electrons. The van der Waals surface area contributed by atoms with Crippen LogP contribution in [0.2, 0.25) is 0 Å². The first-order valence-electron chi connectivity index (χ1n) is 9.05. The molecule has 1 aliphatic rings. The number of rotatable bonds is 8. The Kier molecular flexibility index (Phi) is 9.48. The number of hydrogen-bond acceptors (Lipinski definition) is 3. The molecule has 1 rings (SSSR count). The molecule has 1 N–H and O–H groups in total. The SMILES string of the molecule is CCNC(=NCC(C)N(CC)CC)N1CCC(OCC)CC1. The lowest BCUT2D eigenvalue weighted by Crippen LogP contribution is -2.47. The summed E-state index contributed by atoms with van der Waals surface area (Å²) in [5.74, 6) is 1.07. The van der Waals surface area contributed by atoms with Crippen LogP contribution in [0.3, 0.4) is 0 Å². The van der Waals surface area contributed by atoms with Gasteiger partial charge in [-0.25, -0.2) is 0 Å². The lowest BCUT2D eigenvalue weighted by Gasteiger charge is -2.34. The van der Waals surface area contributed by atoms with Gasteiger partial charge in [0.25, 0.3) is 0 Å². The van der Waals surface area contributed by atoms with Crippen molar-refractivity contribution in [2.24, 2.45) is 4.99 Å². The first kappa shape index (κ1) is 19.2. The maximum absolute atomic E-state index is 5.74. The van der Waals surface area contributed by atoms with Gasteiger partial charge in [-0.15, -0.1) is 0 Å². The maximum Gasteiger partial charge on any atom is 0.193 e. The molecule has 0 radical (unpaired) electrons. The van der Waals surface area contributed by atoms with E-state index in [0.29, 0.717) is 12.1 Å². The Bertz CT molecular complexity index is 310. The molecule has 1 fully saturated rings. The summed E-state index contributed by atoms with van der Waals surface area (Å²) in [6.45, 7) is 17.8.